The summed E-state index contributed by atoms with van der Waals surface area (Å²) in [6, 6.07) is 0. The molecule has 0 aromatic rings. The Hall–Kier alpha value is -0.400. The summed E-state index contributed by atoms with van der Waals surface area (Å²) in [4.78, 5) is 0. The van der Waals surface area contributed by atoms with Crippen molar-refractivity contribution in [1.82, 2.24) is 0 Å². The fraction of sp³-hybridized carbons (Fsp3) is 0.889. The summed E-state index contributed by atoms with van der Waals surface area (Å²) in [5, 5.41) is 0. The Labute approximate surface area is 123 Å². The van der Waals surface area contributed by atoms with Crippen LogP contribution in [0, 0.1) is 23.7 Å². The van der Waals surface area contributed by atoms with Gasteiger partial charge in [-0.2, -0.15) is 0 Å². The summed E-state index contributed by atoms with van der Waals surface area (Å²) in [5.74, 6) is -1.53. The van der Waals surface area contributed by atoms with Gasteiger partial charge in [-0.25, -0.2) is 8.78 Å². The highest BCUT2D eigenvalue weighted by Gasteiger charge is 2.48. The van der Waals surface area contributed by atoms with E-state index in [-0.39, 0.29) is 24.2 Å². The summed E-state index contributed by atoms with van der Waals surface area (Å²) in [5.41, 5.74) is 0. The first-order chi connectivity index (χ1) is 9.56. The second-order valence-electron chi connectivity index (χ2n) is 7.11. The smallest absolute Gasteiger partial charge is 0.207 e. The van der Waals surface area contributed by atoms with Gasteiger partial charge in [0, 0.05) is 12.3 Å². The molecule has 2 aliphatic carbocycles. The van der Waals surface area contributed by atoms with Gasteiger partial charge in [0.15, 0.2) is 0 Å². The fourth-order valence-corrected chi connectivity index (χ4v) is 4.57. The number of hydrogen-bond acceptors (Lipinski definition) is 0. The van der Waals surface area contributed by atoms with Crippen LogP contribution in [0.5, 0.6) is 0 Å². The first-order valence-electron chi connectivity index (χ1n) is 8.55. The van der Waals surface area contributed by atoms with E-state index in [9.17, 15) is 8.78 Å². The molecule has 0 bridgehead atoms. The molecule has 0 aliphatic heterocycles. The lowest BCUT2D eigenvalue weighted by molar-refractivity contribution is -0.127. The van der Waals surface area contributed by atoms with Crippen molar-refractivity contribution in [2.45, 2.75) is 77.1 Å². The van der Waals surface area contributed by atoms with Crippen molar-refractivity contribution >= 4 is 0 Å². The highest BCUT2D eigenvalue weighted by Crippen LogP contribution is 2.50. The molecule has 2 heteroatoms. The zero-order chi connectivity index (χ0) is 14.6. The molecule has 2 aliphatic rings. The van der Waals surface area contributed by atoms with Crippen molar-refractivity contribution in [3.8, 4) is 0 Å². The van der Waals surface area contributed by atoms with Gasteiger partial charge in [0.05, 0.1) is 0 Å². The van der Waals surface area contributed by atoms with Crippen LogP contribution in [0.2, 0.25) is 0 Å². The molecular weight excluding hydrogens is 254 g/mol. The van der Waals surface area contributed by atoms with Gasteiger partial charge in [0.25, 0.3) is 5.92 Å². The van der Waals surface area contributed by atoms with Crippen molar-refractivity contribution < 1.29 is 8.78 Å². The lowest BCUT2D eigenvalue weighted by Gasteiger charge is -2.42. The molecule has 2 rings (SSSR count). The van der Waals surface area contributed by atoms with Gasteiger partial charge >= 0.3 is 0 Å². The van der Waals surface area contributed by atoms with E-state index in [0.717, 1.165) is 38.0 Å². The number of rotatable bonds is 5. The SMILES string of the molecule is C=CCC1CCC(C2CCC(CCC)CC2)C(F)(F)C1. The maximum absolute atomic E-state index is 14.4. The molecule has 0 spiro atoms. The lowest BCUT2D eigenvalue weighted by atomic mass is 9.66. The van der Waals surface area contributed by atoms with E-state index in [1.54, 1.807) is 6.08 Å². The van der Waals surface area contributed by atoms with Crippen LogP contribution in [-0.2, 0) is 0 Å². The van der Waals surface area contributed by atoms with Gasteiger partial charge in [-0.15, -0.1) is 6.58 Å². The second kappa shape index (κ2) is 7.04. The third-order valence-electron chi connectivity index (χ3n) is 5.65. The minimum atomic E-state index is -2.44. The third-order valence-corrected chi connectivity index (χ3v) is 5.65. The summed E-state index contributed by atoms with van der Waals surface area (Å²) in [7, 11) is 0. The van der Waals surface area contributed by atoms with Crippen LogP contribution >= 0.6 is 0 Å². The predicted molar refractivity (Wildman–Crippen MR) is 80.9 cm³/mol. The maximum Gasteiger partial charge on any atom is 0.251 e. The Morgan fingerprint density at radius 3 is 2.25 bits per heavy atom. The van der Waals surface area contributed by atoms with E-state index in [1.165, 1.54) is 25.7 Å². The lowest BCUT2D eigenvalue weighted by Crippen LogP contribution is -2.41. The molecule has 2 atom stereocenters. The normalized spacial score (nSPS) is 37.5. The summed E-state index contributed by atoms with van der Waals surface area (Å²) >= 11 is 0. The van der Waals surface area contributed by atoms with Gasteiger partial charge in [-0.1, -0.05) is 38.7 Å². The van der Waals surface area contributed by atoms with Crippen molar-refractivity contribution in [2.24, 2.45) is 23.7 Å². The number of allylic oxidation sites excluding steroid dienone is 1. The van der Waals surface area contributed by atoms with Crippen molar-refractivity contribution in [3.63, 3.8) is 0 Å². The highest BCUT2D eigenvalue weighted by atomic mass is 19.3. The zero-order valence-electron chi connectivity index (χ0n) is 12.9. The average Bonchev–Trinajstić information content (AvgIpc) is 2.40. The molecule has 0 amide bonds. The van der Waals surface area contributed by atoms with Crippen LogP contribution in [0.25, 0.3) is 0 Å². The molecule has 20 heavy (non-hydrogen) atoms. The molecular formula is C18H30F2. The van der Waals surface area contributed by atoms with Crippen LogP contribution in [-0.4, -0.2) is 5.92 Å². The Kier molecular flexibility index (Phi) is 5.63. The molecule has 0 aromatic heterocycles. The minimum absolute atomic E-state index is 0.0958. The van der Waals surface area contributed by atoms with Crippen LogP contribution in [0.15, 0.2) is 12.7 Å². The third kappa shape index (κ3) is 3.83. The Morgan fingerprint density at radius 2 is 1.70 bits per heavy atom. The van der Waals surface area contributed by atoms with Gasteiger partial charge in [0.2, 0.25) is 0 Å². The van der Waals surface area contributed by atoms with Gasteiger partial charge in [-0.3, -0.25) is 0 Å². The van der Waals surface area contributed by atoms with Crippen LogP contribution in [0.4, 0.5) is 8.78 Å². The Morgan fingerprint density at radius 1 is 1.05 bits per heavy atom. The van der Waals surface area contributed by atoms with Crippen LogP contribution in [0.3, 0.4) is 0 Å². The molecule has 0 aromatic carbocycles. The van der Waals surface area contributed by atoms with E-state index in [0.29, 0.717) is 0 Å². The molecule has 0 radical (unpaired) electrons. The molecule has 0 saturated heterocycles. The van der Waals surface area contributed by atoms with Crippen molar-refractivity contribution in [3.05, 3.63) is 12.7 Å². The summed E-state index contributed by atoms with van der Waals surface area (Å²) in [6.07, 6.45) is 11.3. The average molecular weight is 284 g/mol. The van der Waals surface area contributed by atoms with E-state index < -0.39 is 5.92 Å². The maximum atomic E-state index is 14.4. The Bertz CT molecular complexity index is 303. The first kappa shape index (κ1) is 16.0. The van der Waals surface area contributed by atoms with Crippen molar-refractivity contribution in [2.75, 3.05) is 0 Å². The molecule has 0 heterocycles. The monoisotopic (exact) mass is 284 g/mol. The molecule has 0 N–H and O–H groups in total. The summed E-state index contributed by atoms with van der Waals surface area (Å²) in [6.45, 7) is 5.92. The highest BCUT2D eigenvalue weighted by molar-refractivity contribution is 4.92. The van der Waals surface area contributed by atoms with Crippen LogP contribution in [0.1, 0.15) is 71.1 Å². The number of alkyl halides is 2. The fourth-order valence-electron chi connectivity index (χ4n) is 4.57. The summed E-state index contributed by atoms with van der Waals surface area (Å²) < 4.78 is 28.9. The first-order valence-corrected chi connectivity index (χ1v) is 8.55. The number of hydrogen-bond donors (Lipinski definition) is 0. The zero-order valence-corrected chi connectivity index (χ0v) is 12.9. The number of halogens is 2. The van der Waals surface area contributed by atoms with Gasteiger partial charge < -0.3 is 0 Å². The molecule has 2 unspecified atom stereocenters. The second-order valence-corrected chi connectivity index (χ2v) is 7.11. The molecule has 0 nitrogen and oxygen atoms in total. The largest absolute Gasteiger partial charge is 0.251 e. The van der Waals surface area contributed by atoms with Gasteiger partial charge in [0.1, 0.15) is 0 Å². The molecule has 116 valence electrons. The quantitative estimate of drug-likeness (QED) is 0.526. The topological polar surface area (TPSA) is 0 Å². The Balaban J connectivity index is 1.88. The van der Waals surface area contributed by atoms with E-state index in [1.807, 2.05) is 0 Å². The van der Waals surface area contributed by atoms with E-state index >= 15 is 0 Å². The standard InChI is InChI=1S/C18H30F2/c1-3-5-14-7-10-16(11-8-14)17-12-9-15(6-4-2)13-18(17,19)20/h4,14-17H,2-3,5-13H2,1H3. The predicted octanol–water partition coefficient (Wildman–Crippen LogP) is 6.22. The molecule has 2 saturated carbocycles. The molecule has 2 fully saturated rings. The van der Waals surface area contributed by atoms with Crippen molar-refractivity contribution in [1.29, 1.82) is 0 Å². The van der Waals surface area contributed by atoms with Gasteiger partial charge in [-0.05, 0) is 49.9 Å². The van der Waals surface area contributed by atoms with E-state index in [2.05, 4.69) is 13.5 Å². The van der Waals surface area contributed by atoms with E-state index in [4.69, 9.17) is 0 Å². The van der Waals surface area contributed by atoms with Crippen LogP contribution < -0.4 is 0 Å². The minimum Gasteiger partial charge on any atom is -0.207 e.